The number of sulfonamides is 1. The fourth-order valence-electron chi connectivity index (χ4n) is 1.65. The van der Waals surface area contributed by atoms with Crippen LogP contribution in [-0.2, 0) is 22.3 Å². The Bertz CT molecular complexity index is 667. The van der Waals surface area contributed by atoms with Gasteiger partial charge in [0, 0.05) is 23.3 Å². The molecule has 2 aromatic heterocycles. The summed E-state index contributed by atoms with van der Waals surface area (Å²) >= 11 is 12.1. The summed E-state index contributed by atoms with van der Waals surface area (Å²) in [4.78, 5) is 2.31. The zero-order valence-electron chi connectivity index (χ0n) is 10.7. The van der Waals surface area contributed by atoms with Gasteiger partial charge in [-0.1, -0.05) is 6.07 Å². The Hall–Kier alpha value is 0.0800. The molecule has 0 amide bonds. The van der Waals surface area contributed by atoms with Crippen molar-refractivity contribution in [1.29, 1.82) is 0 Å². The van der Waals surface area contributed by atoms with E-state index in [1.807, 2.05) is 17.5 Å². The van der Waals surface area contributed by atoms with Gasteiger partial charge in [0.2, 0.25) is 10.0 Å². The summed E-state index contributed by atoms with van der Waals surface area (Å²) in [6.07, 6.45) is 0.720. The first-order chi connectivity index (χ1) is 9.45. The van der Waals surface area contributed by atoms with Crippen molar-refractivity contribution in [1.82, 2.24) is 4.31 Å². The van der Waals surface area contributed by atoms with Gasteiger partial charge in [-0.3, -0.25) is 0 Å². The molecule has 20 heavy (non-hydrogen) atoms. The zero-order chi connectivity index (χ0) is 14.8. The molecule has 0 saturated carbocycles. The van der Waals surface area contributed by atoms with E-state index in [0.29, 0.717) is 21.1 Å². The van der Waals surface area contributed by atoms with Crippen LogP contribution in [-0.4, -0.2) is 26.3 Å². The SMILES string of the molecule is CN(CCc1cccs1)S(=O)(=O)c1cc(CCl)sc1Br. The second-order valence-corrected chi connectivity index (χ2v) is 9.91. The molecule has 110 valence electrons. The van der Waals surface area contributed by atoms with Crippen molar-refractivity contribution in [2.45, 2.75) is 17.2 Å². The lowest BCUT2D eigenvalue weighted by Crippen LogP contribution is -2.28. The van der Waals surface area contributed by atoms with E-state index in [-0.39, 0.29) is 0 Å². The van der Waals surface area contributed by atoms with E-state index in [2.05, 4.69) is 15.9 Å². The molecule has 0 fully saturated rings. The second-order valence-electron chi connectivity index (χ2n) is 4.14. The molecule has 0 atom stereocenters. The maximum absolute atomic E-state index is 12.5. The van der Waals surface area contributed by atoms with Gasteiger partial charge in [0.1, 0.15) is 4.90 Å². The predicted octanol–water partition coefficient (Wildman–Crippen LogP) is 4.17. The fraction of sp³-hybridized carbons (Fsp3) is 0.333. The second kappa shape index (κ2) is 6.89. The number of alkyl halides is 1. The summed E-state index contributed by atoms with van der Waals surface area (Å²) in [5.74, 6) is 0.317. The first-order valence-corrected chi connectivity index (χ1v) is 10.2. The summed E-state index contributed by atoms with van der Waals surface area (Å²) in [7, 11) is -1.86. The van der Waals surface area contributed by atoms with Crippen LogP contribution in [0.1, 0.15) is 9.75 Å². The van der Waals surface area contributed by atoms with E-state index in [0.717, 1.165) is 11.3 Å². The quantitative estimate of drug-likeness (QED) is 0.665. The van der Waals surface area contributed by atoms with Crippen LogP contribution in [0.3, 0.4) is 0 Å². The van der Waals surface area contributed by atoms with Crippen LogP contribution in [0.4, 0.5) is 0 Å². The maximum atomic E-state index is 12.5. The Morgan fingerprint density at radius 3 is 2.70 bits per heavy atom. The Kier molecular flexibility index (Phi) is 5.67. The number of nitrogens with zero attached hydrogens (tertiary/aromatic N) is 1. The molecule has 0 N–H and O–H groups in total. The number of thiophene rings is 2. The summed E-state index contributed by atoms with van der Waals surface area (Å²) in [5.41, 5.74) is 0. The third kappa shape index (κ3) is 3.64. The average molecular weight is 415 g/mol. The molecule has 0 bridgehead atoms. The minimum atomic E-state index is -3.47. The smallest absolute Gasteiger partial charge is 0.207 e. The fourth-order valence-corrected chi connectivity index (χ4v) is 6.24. The highest BCUT2D eigenvalue weighted by molar-refractivity contribution is 9.11. The van der Waals surface area contributed by atoms with Crippen LogP contribution < -0.4 is 0 Å². The highest BCUT2D eigenvalue weighted by atomic mass is 79.9. The number of hydrogen-bond acceptors (Lipinski definition) is 4. The topological polar surface area (TPSA) is 37.4 Å². The van der Waals surface area contributed by atoms with Crippen LogP contribution in [0.25, 0.3) is 0 Å². The third-order valence-corrected chi connectivity index (χ3v) is 8.27. The zero-order valence-corrected chi connectivity index (χ0v) is 15.5. The van der Waals surface area contributed by atoms with Crippen LogP contribution in [0.5, 0.6) is 0 Å². The maximum Gasteiger partial charge on any atom is 0.244 e. The number of hydrogen-bond donors (Lipinski definition) is 0. The van der Waals surface area contributed by atoms with Gasteiger partial charge < -0.3 is 0 Å². The Morgan fingerprint density at radius 1 is 1.40 bits per heavy atom. The number of rotatable bonds is 6. The van der Waals surface area contributed by atoms with Gasteiger partial charge in [-0.05, 0) is 39.9 Å². The lowest BCUT2D eigenvalue weighted by molar-refractivity contribution is 0.473. The lowest BCUT2D eigenvalue weighted by Gasteiger charge is -2.16. The van der Waals surface area contributed by atoms with E-state index in [9.17, 15) is 8.42 Å². The molecule has 0 saturated heterocycles. The molecule has 2 heterocycles. The molecular weight excluding hydrogens is 402 g/mol. The largest absolute Gasteiger partial charge is 0.244 e. The summed E-state index contributed by atoms with van der Waals surface area (Å²) in [6, 6.07) is 5.62. The average Bonchev–Trinajstić information content (AvgIpc) is 3.04. The third-order valence-electron chi connectivity index (χ3n) is 2.78. The monoisotopic (exact) mass is 413 g/mol. The van der Waals surface area contributed by atoms with Gasteiger partial charge in [0.25, 0.3) is 0 Å². The lowest BCUT2D eigenvalue weighted by atomic mass is 10.3. The van der Waals surface area contributed by atoms with Crippen LogP contribution in [0.2, 0.25) is 0 Å². The van der Waals surface area contributed by atoms with Crippen molar-refractivity contribution < 1.29 is 8.42 Å². The molecule has 0 aromatic carbocycles. The van der Waals surface area contributed by atoms with E-state index in [1.165, 1.54) is 20.5 Å². The Morgan fingerprint density at radius 2 is 2.15 bits per heavy atom. The van der Waals surface area contributed by atoms with Gasteiger partial charge in [-0.15, -0.1) is 34.3 Å². The van der Waals surface area contributed by atoms with E-state index >= 15 is 0 Å². The molecule has 2 aromatic rings. The van der Waals surface area contributed by atoms with Gasteiger partial charge in [0.15, 0.2) is 0 Å². The predicted molar refractivity (Wildman–Crippen MR) is 89.4 cm³/mol. The van der Waals surface area contributed by atoms with Crippen molar-refractivity contribution in [3.8, 4) is 0 Å². The van der Waals surface area contributed by atoms with E-state index in [4.69, 9.17) is 11.6 Å². The normalized spacial score (nSPS) is 12.2. The van der Waals surface area contributed by atoms with Crippen molar-refractivity contribution in [2.24, 2.45) is 0 Å². The van der Waals surface area contributed by atoms with Crippen molar-refractivity contribution >= 4 is 60.2 Å². The van der Waals surface area contributed by atoms with Gasteiger partial charge >= 0.3 is 0 Å². The number of likely N-dealkylation sites (N-methyl/N-ethyl adjacent to an activating group) is 1. The number of halogens is 2. The summed E-state index contributed by atoms with van der Waals surface area (Å²) < 4.78 is 27.0. The van der Waals surface area contributed by atoms with E-state index < -0.39 is 10.0 Å². The van der Waals surface area contributed by atoms with Gasteiger partial charge in [0.05, 0.1) is 9.67 Å². The molecule has 0 aliphatic heterocycles. The summed E-state index contributed by atoms with van der Waals surface area (Å²) in [6.45, 7) is 0.460. The van der Waals surface area contributed by atoms with Crippen LogP contribution >= 0.6 is 50.2 Å². The molecule has 0 radical (unpaired) electrons. The molecular formula is C12H13BrClNO2S3. The standard InChI is InChI=1S/C12H13BrClNO2S3/c1-15(5-4-9-3-2-6-18-9)20(16,17)11-7-10(8-14)19-12(11)13/h2-3,6-7H,4-5,8H2,1H3. The van der Waals surface area contributed by atoms with Crippen molar-refractivity contribution in [3.05, 3.63) is 37.1 Å². The molecule has 0 spiro atoms. The molecule has 0 unspecified atom stereocenters. The van der Waals surface area contributed by atoms with Crippen molar-refractivity contribution in [3.63, 3.8) is 0 Å². The molecule has 0 aliphatic rings. The Balaban J connectivity index is 2.14. The van der Waals surface area contributed by atoms with Gasteiger partial charge in [-0.2, -0.15) is 0 Å². The minimum Gasteiger partial charge on any atom is -0.207 e. The summed E-state index contributed by atoms with van der Waals surface area (Å²) in [5, 5.41) is 1.99. The van der Waals surface area contributed by atoms with Crippen LogP contribution in [0.15, 0.2) is 32.3 Å². The van der Waals surface area contributed by atoms with Crippen molar-refractivity contribution in [2.75, 3.05) is 13.6 Å². The highest BCUT2D eigenvalue weighted by Gasteiger charge is 2.25. The van der Waals surface area contributed by atoms with Crippen LogP contribution in [0, 0.1) is 0 Å². The first kappa shape index (κ1) is 16.5. The molecule has 8 heteroatoms. The van der Waals surface area contributed by atoms with E-state index in [1.54, 1.807) is 24.5 Å². The Labute approximate surface area is 140 Å². The molecule has 3 nitrogen and oxygen atoms in total. The molecule has 2 rings (SSSR count). The first-order valence-electron chi connectivity index (χ1n) is 5.78. The highest BCUT2D eigenvalue weighted by Crippen LogP contribution is 2.34. The van der Waals surface area contributed by atoms with Gasteiger partial charge in [-0.25, -0.2) is 12.7 Å². The molecule has 0 aliphatic carbocycles. The minimum absolute atomic E-state index is 0.298.